The molecule has 2 aromatic rings. The number of benzene rings is 2. The molecule has 1 aliphatic heterocycles. The minimum atomic E-state index is -0.499. The third-order valence-electron chi connectivity index (χ3n) is 3.72. The summed E-state index contributed by atoms with van der Waals surface area (Å²) in [7, 11) is 0. The molecule has 1 fully saturated rings. The summed E-state index contributed by atoms with van der Waals surface area (Å²) in [5.41, 5.74) is 1.20. The van der Waals surface area contributed by atoms with Crippen molar-refractivity contribution in [2.24, 2.45) is 0 Å². The van der Waals surface area contributed by atoms with E-state index >= 15 is 0 Å². The van der Waals surface area contributed by atoms with Gasteiger partial charge in [0.15, 0.2) is 0 Å². The number of halogens is 2. The second-order valence-corrected chi connectivity index (χ2v) is 7.14. The summed E-state index contributed by atoms with van der Waals surface area (Å²) in [6, 6.07) is 11.3. The van der Waals surface area contributed by atoms with Crippen molar-refractivity contribution in [3.8, 4) is 0 Å². The molecule has 3 rings (SSSR count). The Labute approximate surface area is 142 Å². The van der Waals surface area contributed by atoms with Crippen molar-refractivity contribution in [2.75, 3.05) is 12.0 Å². The Kier molecular flexibility index (Phi) is 4.92. The molecule has 0 aliphatic carbocycles. The minimum Gasteiger partial charge on any atom is -0.321 e. The molecule has 1 amide bonds. The Morgan fingerprint density at radius 1 is 1.22 bits per heavy atom. The lowest BCUT2D eigenvalue weighted by molar-refractivity contribution is -0.128. The number of amides is 1. The van der Waals surface area contributed by atoms with Crippen LogP contribution >= 0.6 is 23.5 Å². The standard InChI is InChI=1S/C17H15F2NOS2/c1-22-14-5-2-11(3-6-14)17-20(16(21)10-23-17)9-12-8-13(18)4-7-15(12)19/h2-8,17H,9-10H2,1H3. The molecule has 0 bridgehead atoms. The van der Waals surface area contributed by atoms with Gasteiger partial charge in [-0.05, 0) is 42.2 Å². The molecule has 1 heterocycles. The van der Waals surface area contributed by atoms with Crippen LogP contribution in [0.25, 0.3) is 0 Å². The van der Waals surface area contributed by atoms with E-state index in [1.807, 2.05) is 30.5 Å². The van der Waals surface area contributed by atoms with E-state index in [1.54, 1.807) is 16.7 Å². The van der Waals surface area contributed by atoms with Gasteiger partial charge in [0.25, 0.3) is 0 Å². The Balaban J connectivity index is 1.86. The molecule has 0 radical (unpaired) electrons. The van der Waals surface area contributed by atoms with E-state index in [2.05, 4.69) is 0 Å². The summed E-state index contributed by atoms with van der Waals surface area (Å²) in [6.45, 7) is 0.0738. The lowest BCUT2D eigenvalue weighted by Crippen LogP contribution is -2.28. The van der Waals surface area contributed by atoms with Gasteiger partial charge in [-0.2, -0.15) is 0 Å². The van der Waals surface area contributed by atoms with Crippen molar-refractivity contribution in [3.05, 3.63) is 65.2 Å². The zero-order chi connectivity index (χ0) is 16.4. The van der Waals surface area contributed by atoms with Gasteiger partial charge in [-0.15, -0.1) is 23.5 Å². The molecule has 2 nitrogen and oxygen atoms in total. The van der Waals surface area contributed by atoms with Crippen LogP contribution in [-0.4, -0.2) is 22.8 Å². The van der Waals surface area contributed by atoms with Crippen molar-refractivity contribution in [2.45, 2.75) is 16.8 Å². The Morgan fingerprint density at radius 2 is 1.96 bits per heavy atom. The van der Waals surface area contributed by atoms with Gasteiger partial charge in [0.2, 0.25) is 5.91 Å². The van der Waals surface area contributed by atoms with E-state index in [4.69, 9.17) is 0 Å². The van der Waals surface area contributed by atoms with Crippen LogP contribution in [0.1, 0.15) is 16.5 Å². The monoisotopic (exact) mass is 351 g/mol. The lowest BCUT2D eigenvalue weighted by atomic mass is 10.1. The summed E-state index contributed by atoms with van der Waals surface area (Å²) < 4.78 is 27.2. The van der Waals surface area contributed by atoms with E-state index < -0.39 is 11.6 Å². The van der Waals surface area contributed by atoms with Crippen LogP contribution in [0.3, 0.4) is 0 Å². The second-order valence-electron chi connectivity index (χ2n) is 5.19. The summed E-state index contributed by atoms with van der Waals surface area (Å²) in [6.07, 6.45) is 2.00. The zero-order valence-corrected chi connectivity index (χ0v) is 14.1. The number of carbonyl (C=O) groups is 1. The third-order valence-corrected chi connectivity index (χ3v) is 5.72. The second kappa shape index (κ2) is 6.93. The minimum absolute atomic E-state index is 0.0578. The fourth-order valence-electron chi connectivity index (χ4n) is 2.52. The van der Waals surface area contributed by atoms with E-state index in [0.29, 0.717) is 5.75 Å². The molecule has 1 unspecified atom stereocenters. The summed E-state index contributed by atoms with van der Waals surface area (Å²) in [4.78, 5) is 14.9. The first-order chi connectivity index (χ1) is 11.1. The zero-order valence-electron chi connectivity index (χ0n) is 12.5. The van der Waals surface area contributed by atoms with Gasteiger partial charge in [-0.1, -0.05) is 12.1 Å². The number of rotatable bonds is 4. The number of thioether (sulfide) groups is 2. The van der Waals surface area contributed by atoms with E-state index in [-0.39, 0.29) is 23.4 Å². The molecule has 0 spiro atoms. The van der Waals surface area contributed by atoms with Crippen LogP contribution in [0, 0.1) is 11.6 Å². The predicted molar refractivity (Wildman–Crippen MR) is 90.3 cm³/mol. The van der Waals surface area contributed by atoms with Crippen molar-refractivity contribution in [1.82, 2.24) is 4.90 Å². The number of carbonyl (C=O) groups excluding carboxylic acids is 1. The number of nitrogens with zero attached hydrogens (tertiary/aromatic N) is 1. The number of hydrogen-bond donors (Lipinski definition) is 0. The maximum absolute atomic E-state index is 13.9. The van der Waals surface area contributed by atoms with E-state index in [0.717, 1.165) is 28.7 Å². The fourth-order valence-corrected chi connectivity index (χ4v) is 4.11. The van der Waals surface area contributed by atoms with Crippen LogP contribution in [0.4, 0.5) is 8.78 Å². The molecule has 6 heteroatoms. The lowest BCUT2D eigenvalue weighted by Gasteiger charge is -2.24. The van der Waals surface area contributed by atoms with Crippen molar-refractivity contribution in [1.29, 1.82) is 0 Å². The normalized spacial score (nSPS) is 17.8. The average molecular weight is 351 g/mol. The van der Waals surface area contributed by atoms with Gasteiger partial charge in [0.1, 0.15) is 17.0 Å². The van der Waals surface area contributed by atoms with E-state index in [9.17, 15) is 13.6 Å². The highest BCUT2D eigenvalue weighted by molar-refractivity contribution is 8.00. The van der Waals surface area contributed by atoms with Crippen molar-refractivity contribution >= 4 is 29.4 Å². The fraction of sp³-hybridized carbons (Fsp3) is 0.235. The SMILES string of the molecule is CSc1ccc(C2SCC(=O)N2Cc2cc(F)ccc2F)cc1. The molecule has 0 aromatic heterocycles. The van der Waals surface area contributed by atoms with Gasteiger partial charge >= 0.3 is 0 Å². The van der Waals surface area contributed by atoms with Crippen LogP contribution in [0.5, 0.6) is 0 Å². The molecule has 23 heavy (non-hydrogen) atoms. The topological polar surface area (TPSA) is 20.3 Å². The Bertz CT molecular complexity index is 721. The molecule has 1 atom stereocenters. The predicted octanol–water partition coefficient (Wildman–Crippen LogP) is 4.46. The molecular weight excluding hydrogens is 336 g/mol. The highest BCUT2D eigenvalue weighted by Gasteiger charge is 2.33. The van der Waals surface area contributed by atoms with Gasteiger partial charge < -0.3 is 4.90 Å². The van der Waals surface area contributed by atoms with E-state index in [1.165, 1.54) is 11.8 Å². The highest BCUT2D eigenvalue weighted by atomic mass is 32.2. The van der Waals surface area contributed by atoms with Gasteiger partial charge in [0, 0.05) is 10.5 Å². The first kappa shape index (κ1) is 16.3. The molecule has 2 aromatic carbocycles. The van der Waals surface area contributed by atoms with Crippen LogP contribution in [-0.2, 0) is 11.3 Å². The van der Waals surface area contributed by atoms with Gasteiger partial charge in [-0.3, -0.25) is 4.79 Å². The number of hydrogen-bond acceptors (Lipinski definition) is 3. The molecule has 1 saturated heterocycles. The van der Waals surface area contributed by atoms with Gasteiger partial charge in [0.05, 0.1) is 12.3 Å². The molecule has 120 valence electrons. The third kappa shape index (κ3) is 3.53. The largest absolute Gasteiger partial charge is 0.321 e. The summed E-state index contributed by atoms with van der Waals surface area (Å²) in [5.74, 6) is -0.696. The summed E-state index contributed by atoms with van der Waals surface area (Å²) in [5, 5.41) is -0.166. The molecule has 1 aliphatic rings. The quantitative estimate of drug-likeness (QED) is 0.759. The van der Waals surface area contributed by atoms with Crippen LogP contribution < -0.4 is 0 Å². The maximum Gasteiger partial charge on any atom is 0.234 e. The first-order valence-corrected chi connectivity index (χ1v) is 9.35. The average Bonchev–Trinajstić information content (AvgIpc) is 2.92. The van der Waals surface area contributed by atoms with Crippen molar-refractivity contribution in [3.63, 3.8) is 0 Å². The summed E-state index contributed by atoms with van der Waals surface area (Å²) >= 11 is 3.16. The Morgan fingerprint density at radius 3 is 2.65 bits per heavy atom. The van der Waals surface area contributed by atoms with Crippen LogP contribution in [0.2, 0.25) is 0 Å². The highest BCUT2D eigenvalue weighted by Crippen LogP contribution is 2.40. The first-order valence-electron chi connectivity index (χ1n) is 7.07. The van der Waals surface area contributed by atoms with Crippen molar-refractivity contribution < 1.29 is 13.6 Å². The molecule has 0 N–H and O–H groups in total. The maximum atomic E-state index is 13.9. The molecular formula is C17H15F2NOS2. The smallest absolute Gasteiger partial charge is 0.234 e. The Hall–Kier alpha value is -1.53. The van der Waals surface area contributed by atoms with Gasteiger partial charge in [-0.25, -0.2) is 8.78 Å². The van der Waals surface area contributed by atoms with Crippen LogP contribution in [0.15, 0.2) is 47.4 Å². The molecule has 0 saturated carbocycles.